The molecule has 3 heteroatoms. The van der Waals surface area contributed by atoms with Crippen molar-refractivity contribution in [2.24, 2.45) is 0 Å². The van der Waals surface area contributed by atoms with Crippen molar-refractivity contribution >= 4 is 5.91 Å². The highest BCUT2D eigenvalue weighted by atomic mass is 16.5. The zero-order valence-corrected chi connectivity index (χ0v) is 14.2. The van der Waals surface area contributed by atoms with Crippen molar-refractivity contribution in [3.63, 3.8) is 0 Å². The number of ether oxygens (including phenoxy) is 1. The summed E-state index contributed by atoms with van der Waals surface area (Å²) in [4.78, 5) is 12.6. The molecule has 3 nitrogen and oxygen atoms in total. The van der Waals surface area contributed by atoms with Crippen LogP contribution < -0.4 is 10.1 Å². The maximum atomic E-state index is 12.6. The third-order valence-electron chi connectivity index (χ3n) is 3.97. The van der Waals surface area contributed by atoms with E-state index < -0.39 is 0 Å². The Kier molecular flexibility index (Phi) is 5.47. The molecule has 1 amide bonds. The fourth-order valence-electron chi connectivity index (χ4n) is 2.53. The Balaban J connectivity index is 1.64. The van der Waals surface area contributed by atoms with Gasteiger partial charge in [-0.25, -0.2) is 0 Å². The zero-order valence-electron chi connectivity index (χ0n) is 14.2. The molecule has 0 saturated carbocycles. The van der Waals surface area contributed by atoms with Crippen LogP contribution in [0.1, 0.15) is 27.0 Å². The molecule has 0 heterocycles. The summed E-state index contributed by atoms with van der Waals surface area (Å²) in [7, 11) is 0. The molecule has 0 aliphatic heterocycles. The van der Waals surface area contributed by atoms with Gasteiger partial charge in [-0.05, 0) is 30.7 Å². The molecule has 0 aromatic heterocycles. The Bertz CT molecular complexity index is 826. The van der Waals surface area contributed by atoms with Gasteiger partial charge in [-0.1, -0.05) is 66.2 Å². The quantitative estimate of drug-likeness (QED) is 0.722. The number of carbonyl (C=O) groups excluding carboxylic acids is 1. The van der Waals surface area contributed by atoms with Crippen LogP contribution in [0.3, 0.4) is 0 Å². The van der Waals surface area contributed by atoms with Crippen molar-refractivity contribution in [2.45, 2.75) is 20.1 Å². The van der Waals surface area contributed by atoms with Gasteiger partial charge in [-0.3, -0.25) is 4.79 Å². The predicted molar refractivity (Wildman–Crippen MR) is 99.6 cm³/mol. The Hall–Kier alpha value is -3.07. The van der Waals surface area contributed by atoms with Crippen molar-refractivity contribution in [1.29, 1.82) is 0 Å². The van der Waals surface area contributed by atoms with Crippen molar-refractivity contribution < 1.29 is 9.53 Å². The van der Waals surface area contributed by atoms with Crippen molar-refractivity contribution in [2.75, 3.05) is 0 Å². The molecule has 25 heavy (non-hydrogen) atoms. The predicted octanol–water partition coefficient (Wildman–Crippen LogP) is 4.50. The number of aryl methyl sites for hydroxylation is 1. The van der Waals surface area contributed by atoms with Crippen LogP contribution in [0, 0.1) is 6.92 Å². The largest absolute Gasteiger partial charge is 0.489 e. The summed E-state index contributed by atoms with van der Waals surface area (Å²) in [5.74, 6) is 0.699. The SMILES string of the molecule is Cc1ccc(CNC(=O)c2ccccc2COc2ccccc2)cc1. The topological polar surface area (TPSA) is 38.3 Å². The monoisotopic (exact) mass is 331 g/mol. The summed E-state index contributed by atoms with van der Waals surface area (Å²) in [5.41, 5.74) is 3.80. The van der Waals surface area contributed by atoms with Gasteiger partial charge in [0.15, 0.2) is 0 Å². The molecule has 3 aromatic carbocycles. The average Bonchev–Trinajstić information content (AvgIpc) is 2.67. The molecule has 0 aliphatic rings. The number of rotatable bonds is 6. The molecule has 0 unspecified atom stereocenters. The third-order valence-corrected chi connectivity index (χ3v) is 3.97. The lowest BCUT2D eigenvalue weighted by Crippen LogP contribution is -2.24. The van der Waals surface area contributed by atoms with Crippen molar-refractivity contribution in [3.05, 3.63) is 101 Å². The van der Waals surface area contributed by atoms with E-state index in [1.165, 1.54) is 5.56 Å². The van der Waals surface area contributed by atoms with E-state index in [1.807, 2.05) is 85.8 Å². The van der Waals surface area contributed by atoms with E-state index in [2.05, 4.69) is 5.32 Å². The Labute approximate surface area is 148 Å². The summed E-state index contributed by atoms with van der Waals surface area (Å²) < 4.78 is 5.78. The van der Waals surface area contributed by atoms with E-state index in [1.54, 1.807) is 0 Å². The first kappa shape index (κ1) is 16.8. The number of hydrogen-bond donors (Lipinski definition) is 1. The lowest BCUT2D eigenvalue weighted by atomic mass is 10.1. The highest BCUT2D eigenvalue weighted by Gasteiger charge is 2.11. The van der Waals surface area contributed by atoms with E-state index in [4.69, 9.17) is 4.74 Å². The number of amides is 1. The van der Waals surface area contributed by atoms with Crippen LogP contribution >= 0.6 is 0 Å². The van der Waals surface area contributed by atoms with Crippen LogP contribution in [0.2, 0.25) is 0 Å². The van der Waals surface area contributed by atoms with Gasteiger partial charge in [0.05, 0.1) is 0 Å². The first-order valence-corrected chi connectivity index (χ1v) is 8.32. The first-order valence-electron chi connectivity index (χ1n) is 8.32. The second-order valence-corrected chi connectivity index (χ2v) is 5.93. The fraction of sp³-hybridized carbons (Fsp3) is 0.136. The van der Waals surface area contributed by atoms with E-state index in [9.17, 15) is 4.79 Å². The summed E-state index contributed by atoms with van der Waals surface area (Å²) >= 11 is 0. The number of para-hydroxylation sites is 1. The van der Waals surface area contributed by atoms with Crippen LogP contribution in [-0.4, -0.2) is 5.91 Å². The highest BCUT2D eigenvalue weighted by Crippen LogP contribution is 2.15. The van der Waals surface area contributed by atoms with E-state index in [0.717, 1.165) is 16.9 Å². The molecule has 0 atom stereocenters. The minimum atomic E-state index is -0.0900. The van der Waals surface area contributed by atoms with Crippen molar-refractivity contribution in [1.82, 2.24) is 5.32 Å². The maximum absolute atomic E-state index is 12.6. The van der Waals surface area contributed by atoms with Gasteiger partial charge in [-0.15, -0.1) is 0 Å². The average molecular weight is 331 g/mol. The van der Waals surface area contributed by atoms with Crippen LogP contribution in [0.25, 0.3) is 0 Å². The molecule has 0 saturated heterocycles. The molecular formula is C22H21NO2. The molecule has 0 aliphatic carbocycles. The van der Waals surface area contributed by atoms with Gasteiger partial charge >= 0.3 is 0 Å². The van der Waals surface area contributed by atoms with Gasteiger partial charge in [-0.2, -0.15) is 0 Å². The van der Waals surface area contributed by atoms with Crippen LogP contribution in [0.15, 0.2) is 78.9 Å². The summed E-state index contributed by atoms with van der Waals surface area (Å²) in [6, 6.07) is 25.3. The molecule has 0 radical (unpaired) electrons. The van der Waals surface area contributed by atoms with Gasteiger partial charge < -0.3 is 10.1 Å². The van der Waals surface area contributed by atoms with Crippen LogP contribution in [-0.2, 0) is 13.2 Å². The Morgan fingerprint density at radius 2 is 1.56 bits per heavy atom. The third kappa shape index (κ3) is 4.70. The lowest BCUT2D eigenvalue weighted by molar-refractivity contribution is 0.0948. The van der Waals surface area contributed by atoms with Crippen LogP contribution in [0.5, 0.6) is 5.75 Å². The molecule has 3 rings (SSSR count). The molecule has 0 fully saturated rings. The van der Waals surface area contributed by atoms with Gasteiger partial charge in [0.2, 0.25) is 0 Å². The minimum Gasteiger partial charge on any atom is -0.489 e. The second kappa shape index (κ2) is 8.15. The molecular weight excluding hydrogens is 310 g/mol. The van der Waals surface area contributed by atoms with E-state index >= 15 is 0 Å². The standard InChI is InChI=1S/C22H21NO2/c1-17-11-13-18(14-12-17)15-23-22(24)21-10-6-5-7-19(21)16-25-20-8-3-2-4-9-20/h2-14H,15-16H2,1H3,(H,23,24). The van der Waals surface area contributed by atoms with E-state index in [0.29, 0.717) is 18.7 Å². The molecule has 0 bridgehead atoms. The number of carbonyl (C=O) groups is 1. The molecule has 0 spiro atoms. The zero-order chi connectivity index (χ0) is 17.5. The lowest BCUT2D eigenvalue weighted by Gasteiger charge is -2.11. The smallest absolute Gasteiger partial charge is 0.251 e. The fourth-order valence-corrected chi connectivity index (χ4v) is 2.53. The normalized spacial score (nSPS) is 10.3. The minimum absolute atomic E-state index is 0.0900. The van der Waals surface area contributed by atoms with Crippen LogP contribution in [0.4, 0.5) is 0 Å². The maximum Gasteiger partial charge on any atom is 0.251 e. The number of hydrogen-bond acceptors (Lipinski definition) is 2. The molecule has 3 aromatic rings. The van der Waals surface area contributed by atoms with E-state index in [-0.39, 0.29) is 5.91 Å². The molecule has 1 N–H and O–H groups in total. The Morgan fingerprint density at radius 1 is 0.880 bits per heavy atom. The summed E-state index contributed by atoms with van der Waals surface area (Å²) in [6.45, 7) is 2.91. The number of benzene rings is 3. The summed E-state index contributed by atoms with van der Waals surface area (Å²) in [6.07, 6.45) is 0. The van der Waals surface area contributed by atoms with Crippen molar-refractivity contribution in [3.8, 4) is 5.75 Å². The van der Waals surface area contributed by atoms with Gasteiger partial charge in [0.25, 0.3) is 5.91 Å². The first-order chi connectivity index (χ1) is 12.2. The van der Waals surface area contributed by atoms with Gasteiger partial charge in [0.1, 0.15) is 12.4 Å². The number of nitrogens with one attached hydrogen (secondary N) is 1. The second-order valence-electron chi connectivity index (χ2n) is 5.93. The highest BCUT2D eigenvalue weighted by molar-refractivity contribution is 5.95. The Morgan fingerprint density at radius 3 is 2.32 bits per heavy atom. The van der Waals surface area contributed by atoms with Gasteiger partial charge in [0, 0.05) is 17.7 Å². The summed E-state index contributed by atoms with van der Waals surface area (Å²) in [5, 5.41) is 2.98. The molecule has 126 valence electrons.